The van der Waals surface area contributed by atoms with Crippen LogP contribution in [0.15, 0.2) is 36.4 Å². The lowest BCUT2D eigenvalue weighted by atomic mass is 10.0. The van der Waals surface area contributed by atoms with Crippen LogP contribution in [0.25, 0.3) is 0 Å². The number of nitrogens with one attached hydrogen (secondary N) is 1. The van der Waals surface area contributed by atoms with Crippen LogP contribution in [0.2, 0.25) is 5.02 Å². The summed E-state index contributed by atoms with van der Waals surface area (Å²) in [5.74, 6) is 0.359. The third-order valence-corrected chi connectivity index (χ3v) is 3.94. The Balaban J connectivity index is 1.80. The molecule has 3 rings (SSSR count). The van der Waals surface area contributed by atoms with Crippen LogP contribution < -0.4 is 14.8 Å². The zero-order valence-corrected chi connectivity index (χ0v) is 12.8. The highest BCUT2D eigenvalue weighted by molar-refractivity contribution is 6.32. The Hall–Kier alpha value is -2.08. The quantitative estimate of drug-likeness (QED) is 0.854. The Kier molecular flexibility index (Phi) is 4.02. The van der Waals surface area contributed by atoms with E-state index < -0.39 is 6.36 Å². The summed E-state index contributed by atoms with van der Waals surface area (Å²) in [6, 6.07) is 9.65. The number of benzene rings is 2. The first-order valence-electron chi connectivity index (χ1n) is 6.84. The Morgan fingerprint density at radius 3 is 2.61 bits per heavy atom. The van der Waals surface area contributed by atoms with Crippen molar-refractivity contribution in [3.8, 4) is 11.5 Å². The third-order valence-electron chi connectivity index (χ3n) is 3.64. The van der Waals surface area contributed by atoms with E-state index in [1.807, 2.05) is 6.07 Å². The maximum atomic E-state index is 12.3. The lowest BCUT2D eigenvalue weighted by Crippen LogP contribution is -2.17. The van der Waals surface area contributed by atoms with E-state index in [0.29, 0.717) is 17.2 Å². The topological polar surface area (TPSA) is 30.5 Å². The van der Waals surface area contributed by atoms with Gasteiger partial charge in [-0.25, -0.2) is 0 Å². The van der Waals surface area contributed by atoms with Gasteiger partial charge in [0.25, 0.3) is 0 Å². The minimum Gasteiger partial charge on any atom is -0.495 e. The molecular formula is C16H13ClF3NO2. The molecule has 0 spiro atoms. The Morgan fingerprint density at radius 1 is 1.17 bits per heavy atom. The van der Waals surface area contributed by atoms with Gasteiger partial charge in [-0.3, -0.25) is 0 Å². The van der Waals surface area contributed by atoms with Gasteiger partial charge >= 0.3 is 6.36 Å². The Morgan fingerprint density at radius 2 is 1.96 bits per heavy atom. The number of hydrogen-bond donors (Lipinski definition) is 1. The number of ether oxygens (including phenoxy) is 2. The molecule has 1 unspecified atom stereocenters. The molecule has 1 aliphatic rings. The fraction of sp³-hybridized carbons (Fsp3) is 0.250. The normalized spacial score (nSPS) is 16.7. The zero-order valence-electron chi connectivity index (χ0n) is 12.1. The molecule has 122 valence electrons. The van der Waals surface area contributed by atoms with Gasteiger partial charge in [0.05, 0.1) is 18.2 Å². The minimum atomic E-state index is -4.69. The predicted molar refractivity (Wildman–Crippen MR) is 81.2 cm³/mol. The van der Waals surface area contributed by atoms with E-state index in [4.69, 9.17) is 16.3 Å². The molecule has 1 N–H and O–H groups in total. The smallest absolute Gasteiger partial charge is 0.495 e. The van der Waals surface area contributed by atoms with Crippen molar-refractivity contribution in [3.05, 3.63) is 52.5 Å². The number of rotatable bonds is 3. The molecule has 0 bridgehead atoms. The van der Waals surface area contributed by atoms with Crippen LogP contribution in [0.3, 0.4) is 0 Å². The van der Waals surface area contributed by atoms with E-state index in [1.165, 1.54) is 19.2 Å². The van der Waals surface area contributed by atoms with Crippen molar-refractivity contribution in [1.82, 2.24) is 0 Å². The van der Waals surface area contributed by atoms with E-state index in [0.717, 1.165) is 16.8 Å². The highest BCUT2D eigenvalue weighted by atomic mass is 35.5. The number of anilines is 1. The van der Waals surface area contributed by atoms with Gasteiger partial charge in [-0.1, -0.05) is 17.7 Å². The van der Waals surface area contributed by atoms with Crippen LogP contribution >= 0.6 is 11.6 Å². The highest BCUT2D eigenvalue weighted by Gasteiger charge is 2.32. The van der Waals surface area contributed by atoms with Crippen LogP contribution in [0.5, 0.6) is 11.5 Å². The van der Waals surface area contributed by atoms with Crippen molar-refractivity contribution in [2.24, 2.45) is 0 Å². The largest absolute Gasteiger partial charge is 0.573 e. The number of methoxy groups -OCH3 is 1. The van der Waals surface area contributed by atoms with E-state index in [1.54, 1.807) is 18.2 Å². The van der Waals surface area contributed by atoms with Gasteiger partial charge in [0.15, 0.2) is 0 Å². The van der Waals surface area contributed by atoms with Crippen molar-refractivity contribution < 1.29 is 22.6 Å². The van der Waals surface area contributed by atoms with Gasteiger partial charge < -0.3 is 14.8 Å². The molecule has 1 aliphatic heterocycles. The lowest BCUT2D eigenvalue weighted by Gasteiger charge is -2.13. The summed E-state index contributed by atoms with van der Waals surface area (Å²) in [7, 11) is 1.53. The fourth-order valence-corrected chi connectivity index (χ4v) is 2.90. The molecule has 7 heteroatoms. The lowest BCUT2D eigenvalue weighted by molar-refractivity contribution is -0.274. The van der Waals surface area contributed by atoms with Crippen molar-refractivity contribution >= 4 is 17.3 Å². The molecule has 1 heterocycles. The molecule has 1 atom stereocenters. The second kappa shape index (κ2) is 5.85. The second-order valence-corrected chi connectivity index (χ2v) is 5.57. The Labute approximate surface area is 136 Å². The standard InChI is InChI=1S/C16H13ClF3NO2/c1-22-15-5-2-9(7-12(15)17)14-8-10-6-11(23-16(18,19)20)3-4-13(10)21-14/h2-7,14,21H,8H2,1H3. The van der Waals surface area contributed by atoms with Crippen LogP contribution in [0, 0.1) is 0 Å². The van der Waals surface area contributed by atoms with Crippen molar-refractivity contribution in [3.63, 3.8) is 0 Å². The number of hydrogen-bond acceptors (Lipinski definition) is 3. The van der Waals surface area contributed by atoms with Crippen LogP contribution in [-0.4, -0.2) is 13.5 Å². The number of fused-ring (bicyclic) bond motifs is 1. The summed E-state index contributed by atoms with van der Waals surface area (Å²) in [5, 5.41) is 3.76. The van der Waals surface area contributed by atoms with Gasteiger partial charge in [-0.2, -0.15) is 0 Å². The summed E-state index contributed by atoms with van der Waals surface area (Å²) in [6.45, 7) is 0. The van der Waals surface area contributed by atoms with Gasteiger partial charge in [-0.15, -0.1) is 13.2 Å². The molecule has 2 aromatic carbocycles. The van der Waals surface area contributed by atoms with E-state index in [9.17, 15) is 13.2 Å². The van der Waals surface area contributed by atoms with Gasteiger partial charge in [0, 0.05) is 5.69 Å². The average Bonchev–Trinajstić information content (AvgIpc) is 2.88. The maximum absolute atomic E-state index is 12.3. The first-order valence-corrected chi connectivity index (χ1v) is 7.22. The van der Waals surface area contributed by atoms with Crippen molar-refractivity contribution in [2.75, 3.05) is 12.4 Å². The molecule has 0 saturated carbocycles. The van der Waals surface area contributed by atoms with E-state index >= 15 is 0 Å². The second-order valence-electron chi connectivity index (χ2n) is 5.16. The summed E-state index contributed by atoms with van der Waals surface area (Å²) < 4.78 is 45.9. The minimum absolute atomic E-state index is 0.0606. The first-order chi connectivity index (χ1) is 10.9. The summed E-state index contributed by atoms with van der Waals surface area (Å²) in [4.78, 5) is 0. The predicted octanol–water partition coefficient (Wildman–Crippen LogP) is 4.96. The molecule has 23 heavy (non-hydrogen) atoms. The summed E-state index contributed by atoms with van der Waals surface area (Å²) in [6.07, 6.45) is -4.14. The molecule has 0 aromatic heterocycles. The molecular weight excluding hydrogens is 331 g/mol. The first kappa shape index (κ1) is 15.8. The number of alkyl halides is 3. The van der Waals surface area contributed by atoms with E-state index in [2.05, 4.69) is 10.1 Å². The number of halogens is 4. The molecule has 2 aromatic rings. The molecule has 0 fully saturated rings. The monoisotopic (exact) mass is 343 g/mol. The fourth-order valence-electron chi connectivity index (χ4n) is 2.64. The van der Waals surface area contributed by atoms with E-state index in [-0.39, 0.29) is 11.8 Å². The van der Waals surface area contributed by atoms with Gasteiger partial charge in [0.1, 0.15) is 11.5 Å². The highest BCUT2D eigenvalue weighted by Crippen LogP contribution is 2.38. The van der Waals surface area contributed by atoms with Crippen LogP contribution in [0.1, 0.15) is 17.2 Å². The molecule has 3 nitrogen and oxygen atoms in total. The maximum Gasteiger partial charge on any atom is 0.573 e. The summed E-state index contributed by atoms with van der Waals surface area (Å²) >= 11 is 6.12. The SMILES string of the molecule is COc1ccc(C2Cc3cc(OC(F)(F)F)ccc3N2)cc1Cl. The third kappa shape index (κ3) is 3.47. The van der Waals surface area contributed by atoms with Crippen molar-refractivity contribution in [1.29, 1.82) is 0 Å². The Bertz CT molecular complexity index is 734. The molecule has 0 aliphatic carbocycles. The molecule has 0 saturated heterocycles. The van der Waals surface area contributed by atoms with Crippen LogP contribution in [-0.2, 0) is 6.42 Å². The summed E-state index contributed by atoms with van der Waals surface area (Å²) in [5.41, 5.74) is 2.49. The van der Waals surface area contributed by atoms with Gasteiger partial charge in [-0.05, 0) is 47.9 Å². The zero-order chi connectivity index (χ0) is 16.6. The average molecular weight is 344 g/mol. The molecule has 0 amide bonds. The van der Waals surface area contributed by atoms with Crippen LogP contribution in [0.4, 0.5) is 18.9 Å². The molecule has 0 radical (unpaired) electrons. The van der Waals surface area contributed by atoms with Gasteiger partial charge in [0.2, 0.25) is 0 Å². The van der Waals surface area contributed by atoms with Crippen molar-refractivity contribution in [2.45, 2.75) is 18.8 Å².